The molecule has 2 aromatic carbocycles. The topological polar surface area (TPSA) is 58.6 Å². The van der Waals surface area contributed by atoms with Gasteiger partial charge in [0.05, 0.1) is 11.3 Å². The van der Waals surface area contributed by atoms with Crippen LogP contribution in [0.25, 0.3) is 0 Å². The number of ether oxygens (including phenoxy) is 1. The van der Waals surface area contributed by atoms with E-state index >= 15 is 0 Å². The molecule has 2 N–H and O–H groups in total. The SMILES string of the molecule is O=C(O)c1ccccc1NC(=S)COc1ccccc1. The third-order valence-corrected chi connectivity index (χ3v) is 2.76. The van der Waals surface area contributed by atoms with E-state index in [1.165, 1.54) is 6.07 Å². The van der Waals surface area contributed by atoms with Crippen molar-refractivity contribution in [3.8, 4) is 5.75 Å². The number of nitrogens with one attached hydrogen (secondary N) is 1. The third-order valence-electron chi connectivity index (χ3n) is 2.54. The van der Waals surface area contributed by atoms with Gasteiger partial charge in [-0.1, -0.05) is 42.5 Å². The molecule has 0 aliphatic rings. The molecule has 0 radical (unpaired) electrons. The average Bonchev–Trinajstić information content (AvgIpc) is 2.46. The van der Waals surface area contributed by atoms with Crippen LogP contribution in [0.5, 0.6) is 5.75 Å². The van der Waals surface area contributed by atoms with Gasteiger partial charge >= 0.3 is 5.97 Å². The van der Waals surface area contributed by atoms with Crippen molar-refractivity contribution in [2.45, 2.75) is 0 Å². The summed E-state index contributed by atoms with van der Waals surface area (Å²) in [6.45, 7) is 0.188. The lowest BCUT2D eigenvalue weighted by Crippen LogP contribution is -2.19. The molecule has 0 aliphatic carbocycles. The zero-order valence-electron chi connectivity index (χ0n) is 10.6. The monoisotopic (exact) mass is 287 g/mol. The fraction of sp³-hybridized carbons (Fsp3) is 0.0667. The molecule has 0 aliphatic heterocycles. The van der Waals surface area contributed by atoms with Gasteiger partial charge in [0.2, 0.25) is 0 Å². The summed E-state index contributed by atoms with van der Waals surface area (Å²) in [5, 5.41) is 12.0. The Morgan fingerprint density at radius 1 is 1.10 bits per heavy atom. The molecule has 0 unspecified atom stereocenters. The van der Waals surface area contributed by atoms with E-state index in [1.54, 1.807) is 18.2 Å². The summed E-state index contributed by atoms with van der Waals surface area (Å²) in [5.74, 6) is -0.289. The van der Waals surface area contributed by atoms with Crippen LogP contribution in [0.3, 0.4) is 0 Å². The minimum atomic E-state index is -1.00. The van der Waals surface area contributed by atoms with Crippen LogP contribution in [0.15, 0.2) is 54.6 Å². The summed E-state index contributed by atoms with van der Waals surface area (Å²) >= 11 is 5.15. The van der Waals surface area contributed by atoms with E-state index in [0.29, 0.717) is 16.4 Å². The predicted octanol–water partition coefficient (Wildman–Crippen LogP) is 3.20. The lowest BCUT2D eigenvalue weighted by atomic mass is 10.2. The lowest BCUT2D eigenvalue weighted by molar-refractivity contribution is 0.0698. The van der Waals surface area contributed by atoms with Gasteiger partial charge in [0, 0.05) is 0 Å². The average molecular weight is 287 g/mol. The maximum Gasteiger partial charge on any atom is 0.337 e. The van der Waals surface area contributed by atoms with Gasteiger partial charge in [0.25, 0.3) is 0 Å². The first-order chi connectivity index (χ1) is 9.66. The smallest absolute Gasteiger partial charge is 0.337 e. The number of carbonyl (C=O) groups is 1. The van der Waals surface area contributed by atoms with E-state index in [2.05, 4.69) is 5.32 Å². The number of rotatable bonds is 5. The zero-order chi connectivity index (χ0) is 14.4. The van der Waals surface area contributed by atoms with Gasteiger partial charge in [0.1, 0.15) is 17.3 Å². The predicted molar refractivity (Wildman–Crippen MR) is 81.6 cm³/mol. The molecule has 102 valence electrons. The van der Waals surface area contributed by atoms with Crippen LogP contribution in [-0.4, -0.2) is 22.7 Å². The fourth-order valence-electron chi connectivity index (χ4n) is 1.63. The van der Waals surface area contributed by atoms with E-state index in [-0.39, 0.29) is 12.2 Å². The fourth-order valence-corrected chi connectivity index (χ4v) is 1.80. The van der Waals surface area contributed by atoms with Crippen LogP contribution in [0.1, 0.15) is 10.4 Å². The molecule has 4 nitrogen and oxygen atoms in total. The molecule has 0 aromatic heterocycles. The second-order valence-electron chi connectivity index (χ2n) is 4.00. The number of thiocarbonyl (C=S) groups is 1. The molecule has 2 aromatic rings. The van der Waals surface area contributed by atoms with E-state index in [9.17, 15) is 4.79 Å². The highest BCUT2D eigenvalue weighted by atomic mass is 32.1. The molecule has 0 fully saturated rings. The largest absolute Gasteiger partial charge is 0.486 e. The Kier molecular flexibility index (Phi) is 4.68. The highest BCUT2D eigenvalue weighted by molar-refractivity contribution is 7.80. The lowest BCUT2D eigenvalue weighted by Gasteiger charge is -2.11. The molecule has 20 heavy (non-hydrogen) atoms. The molecule has 0 bridgehead atoms. The number of carboxylic acid groups (broad SMARTS) is 1. The molecule has 2 rings (SSSR count). The van der Waals surface area contributed by atoms with Crippen LogP contribution in [0.4, 0.5) is 5.69 Å². The standard InChI is InChI=1S/C15H13NO3S/c17-15(18)12-8-4-5-9-13(12)16-14(20)10-19-11-6-2-1-3-7-11/h1-9H,10H2,(H,16,20)(H,17,18). The van der Waals surface area contributed by atoms with Crippen molar-refractivity contribution in [1.29, 1.82) is 0 Å². The Hall–Kier alpha value is -2.40. The van der Waals surface area contributed by atoms with Gasteiger partial charge in [-0.2, -0.15) is 0 Å². The number of hydrogen-bond acceptors (Lipinski definition) is 3. The van der Waals surface area contributed by atoms with Crippen molar-refractivity contribution in [3.63, 3.8) is 0 Å². The molecule has 0 heterocycles. The highest BCUT2D eigenvalue weighted by Crippen LogP contribution is 2.15. The van der Waals surface area contributed by atoms with Crippen molar-refractivity contribution in [1.82, 2.24) is 0 Å². The number of hydrogen-bond donors (Lipinski definition) is 2. The summed E-state index contributed by atoms with van der Waals surface area (Å²) in [4.78, 5) is 11.5. The van der Waals surface area contributed by atoms with Crippen molar-refractivity contribution in [2.24, 2.45) is 0 Å². The molecular weight excluding hydrogens is 274 g/mol. The molecule has 0 saturated carbocycles. The number of anilines is 1. The Morgan fingerprint density at radius 3 is 2.45 bits per heavy atom. The molecule has 0 saturated heterocycles. The second kappa shape index (κ2) is 6.68. The normalized spacial score (nSPS) is 9.80. The summed E-state index contributed by atoms with van der Waals surface area (Å²) in [6.07, 6.45) is 0. The Morgan fingerprint density at radius 2 is 1.75 bits per heavy atom. The van der Waals surface area contributed by atoms with Gasteiger partial charge < -0.3 is 15.2 Å². The number of para-hydroxylation sites is 2. The van der Waals surface area contributed by atoms with E-state index in [0.717, 1.165) is 0 Å². The Bertz CT molecular complexity index is 614. The van der Waals surface area contributed by atoms with Gasteiger partial charge in [-0.15, -0.1) is 0 Å². The van der Waals surface area contributed by atoms with Gasteiger partial charge in [-0.05, 0) is 24.3 Å². The minimum absolute atomic E-state index is 0.176. The van der Waals surface area contributed by atoms with E-state index in [1.807, 2.05) is 30.3 Å². The Balaban J connectivity index is 1.97. The van der Waals surface area contributed by atoms with Crippen LogP contribution in [0.2, 0.25) is 0 Å². The van der Waals surface area contributed by atoms with E-state index < -0.39 is 5.97 Å². The number of carboxylic acids is 1. The number of benzene rings is 2. The maximum atomic E-state index is 11.1. The van der Waals surface area contributed by atoms with Crippen LogP contribution in [-0.2, 0) is 0 Å². The summed E-state index contributed by atoms with van der Waals surface area (Å²) < 4.78 is 5.49. The van der Waals surface area contributed by atoms with Crippen molar-refractivity contribution < 1.29 is 14.6 Å². The summed E-state index contributed by atoms with van der Waals surface area (Å²) in [7, 11) is 0. The van der Waals surface area contributed by atoms with Crippen LogP contribution < -0.4 is 10.1 Å². The number of aromatic carboxylic acids is 1. The van der Waals surface area contributed by atoms with E-state index in [4.69, 9.17) is 22.1 Å². The highest BCUT2D eigenvalue weighted by Gasteiger charge is 2.10. The maximum absolute atomic E-state index is 11.1. The first-order valence-corrected chi connectivity index (χ1v) is 6.37. The Labute approximate surface area is 122 Å². The first kappa shape index (κ1) is 14.0. The van der Waals surface area contributed by atoms with Gasteiger partial charge in [0.15, 0.2) is 0 Å². The molecule has 0 amide bonds. The van der Waals surface area contributed by atoms with Gasteiger partial charge in [-0.3, -0.25) is 0 Å². The summed E-state index contributed by atoms with van der Waals surface area (Å²) in [5.41, 5.74) is 0.635. The zero-order valence-corrected chi connectivity index (χ0v) is 11.4. The molecule has 5 heteroatoms. The molecular formula is C15H13NO3S. The minimum Gasteiger partial charge on any atom is -0.486 e. The molecule has 0 atom stereocenters. The summed E-state index contributed by atoms with van der Waals surface area (Å²) in [6, 6.07) is 15.9. The van der Waals surface area contributed by atoms with Crippen LogP contribution >= 0.6 is 12.2 Å². The van der Waals surface area contributed by atoms with Crippen molar-refractivity contribution >= 4 is 28.9 Å². The first-order valence-electron chi connectivity index (χ1n) is 5.97. The van der Waals surface area contributed by atoms with Crippen LogP contribution in [0, 0.1) is 0 Å². The van der Waals surface area contributed by atoms with Crippen molar-refractivity contribution in [3.05, 3.63) is 60.2 Å². The van der Waals surface area contributed by atoms with Gasteiger partial charge in [-0.25, -0.2) is 4.79 Å². The quantitative estimate of drug-likeness (QED) is 0.827. The molecule has 0 spiro atoms. The third kappa shape index (κ3) is 3.80. The second-order valence-corrected chi connectivity index (χ2v) is 4.49. The van der Waals surface area contributed by atoms with Crippen molar-refractivity contribution in [2.75, 3.05) is 11.9 Å².